The van der Waals surface area contributed by atoms with Gasteiger partial charge in [-0.15, -0.1) is 0 Å². The number of rotatable bonds is 6. The normalized spacial score (nSPS) is 19.7. The largest absolute Gasteiger partial charge is 0.385 e. The second kappa shape index (κ2) is 6.98. The van der Waals surface area contributed by atoms with Crippen LogP contribution in [0.2, 0.25) is 0 Å². The minimum atomic E-state index is 0.210. The summed E-state index contributed by atoms with van der Waals surface area (Å²) in [4.78, 5) is 9.21. The first-order valence-electron chi connectivity index (χ1n) is 6.96. The van der Waals surface area contributed by atoms with Crippen molar-refractivity contribution in [3.8, 4) is 0 Å². The minimum Gasteiger partial charge on any atom is -0.385 e. The van der Waals surface area contributed by atoms with Crippen LogP contribution >= 0.6 is 0 Å². The van der Waals surface area contributed by atoms with Gasteiger partial charge in [-0.2, -0.15) is 4.98 Å². The lowest BCUT2D eigenvalue weighted by Gasteiger charge is -2.36. The molecule has 2 rings (SSSR count). The molecule has 0 N–H and O–H groups in total. The fourth-order valence-electron chi connectivity index (χ4n) is 2.45. The molecule has 0 bridgehead atoms. The molecule has 6 heteroatoms. The van der Waals surface area contributed by atoms with Crippen LogP contribution in [-0.2, 0) is 4.74 Å². The lowest BCUT2D eigenvalue weighted by Crippen LogP contribution is -2.47. The van der Waals surface area contributed by atoms with Gasteiger partial charge >= 0.3 is 0 Å². The molecule has 1 aliphatic rings. The van der Waals surface area contributed by atoms with Gasteiger partial charge in [0.1, 0.15) is 0 Å². The van der Waals surface area contributed by atoms with Gasteiger partial charge in [0, 0.05) is 46.4 Å². The zero-order valence-corrected chi connectivity index (χ0v) is 12.1. The molecular formula is C13H24N4O2. The quantitative estimate of drug-likeness (QED) is 0.720. The Morgan fingerprint density at radius 1 is 1.32 bits per heavy atom. The van der Waals surface area contributed by atoms with Crippen LogP contribution in [0.3, 0.4) is 0 Å². The lowest BCUT2D eigenvalue weighted by molar-refractivity contribution is 0.0816. The van der Waals surface area contributed by atoms with Gasteiger partial charge in [0.05, 0.1) is 6.04 Å². The summed E-state index contributed by atoms with van der Waals surface area (Å²) in [7, 11) is 1.76. The molecule has 1 aromatic rings. The number of methoxy groups -OCH3 is 1. The third-order valence-electron chi connectivity index (χ3n) is 3.68. The highest BCUT2D eigenvalue weighted by Gasteiger charge is 2.25. The van der Waals surface area contributed by atoms with E-state index in [1.807, 2.05) is 6.92 Å². The predicted molar refractivity (Wildman–Crippen MR) is 72.0 cm³/mol. The molecule has 0 saturated carbocycles. The number of nitrogens with zero attached hydrogens (tertiary/aromatic N) is 4. The highest BCUT2D eigenvalue weighted by atomic mass is 16.5. The third-order valence-corrected chi connectivity index (χ3v) is 3.68. The Kier molecular flexibility index (Phi) is 5.30. The fraction of sp³-hybridized carbons (Fsp3) is 0.846. The first kappa shape index (κ1) is 14.4. The van der Waals surface area contributed by atoms with Crippen molar-refractivity contribution >= 4 is 0 Å². The predicted octanol–water partition coefficient (Wildman–Crippen LogP) is 1.09. The van der Waals surface area contributed by atoms with Gasteiger partial charge in [-0.1, -0.05) is 5.16 Å². The van der Waals surface area contributed by atoms with Crippen molar-refractivity contribution in [1.82, 2.24) is 19.9 Å². The van der Waals surface area contributed by atoms with E-state index in [1.54, 1.807) is 7.11 Å². The summed E-state index contributed by atoms with van der Waals surface area (Å²) in [6, 6.07) is 0.210. The number of ether oxygens (including phenoxy) is 1. The second-order valence-electron chi connectivity index (χ2n) is 5.08. The van der Waals surface area contributed by atoms with Crippen molar-refractivity contribution < 1.29 is 9.26 Å². The van der Waals surface area contributed by atoms with Crippen LogP contribution in [0.1, 0.15) is 31.1 Å². The van der Waals surface area contributed by atoms with Gasteiger partial charge in [-0.05, 0) is 20.3 Å². The standard InChI is InChI=1S/C13H24N4O2/c1-11(13-14-12(2)15-19-13)17-8-6-16(7-9-17)5-4-10-18-3/h11H,4-10H2,1-3H3. The maximum absolute atomic E-state index is 5.25. The van der Waals surface area contributed by atoms with E-state index in [1.165, 1.54) is 0 Å². The lowest BCUT2D eigenvalue weighted by atomic mass is 10.2. The first-order valence-corrected chi connectivity index (χ1v) is 6.96. The maximum atomic E-state index is 5.25. The van der Waals surface area contributed by atoms with Crippen LogP contribution in [-0.4, -0.2) is 66.4 Å². The monoisotopic (exact) mass is 268 g/mol. The molecule has 2 heterocycles. The Labute approximate surface area is 114 Å². The molecule has 1 aliphatic heterocycles. The number of hydrogen-bond acceptors (Lipinski definition) is 6. The average molecular weight is 268 g/mol. The van der Waals surface area contributed by atoms with Crippen molar-refractivity contribution in [2.45, 2.75) is 26.3 Å². The van der Waals surface area contributed by atoms with Gasteiger partial charge in [0.25, 0.3) is 0 Å². The Balaban J connectivity index is 1.76. The Bertz CT molecular complexity index is 374. The molecule has 19 heavy (non-hydrogen) atoms. The molecule has 0 aliphatic carbocycles. The molecule has 0 spiro atoms. The summed E-state index contributed by atoms with van der Waals surface area (Å²) in [5.74, 6) is 1.44. The van der Waals surface area contributed by atoms with Gasteiger partial charge in [0.15, 0.2) is 5.82 Å². The Hall–Kier alpha value is -0.980. The summed E-state index contributed by atoms with van der Waals surface area (Å²) in [5, 5.41) is 3.86. The number of piperazine rings is 1. The molecular weight excluding hydrogens is 244 g/mol. The first-order chi connectivity index (χ1) is 9.20. The summed E-state index contributed by atoms with van der Waals surface area (Å²) < 4.78 is 10.3. The van der Waals surface area contributed by atoms with Crippen LogP contribution in [0, 0.1) is 6.92 Å². The third kappa shape index (κ3) is 3.99. The van der Waals surface area contributed by atoms with Crippen LogP contribution in [0.25, 0.3) is 0 Å². The van der Waals surface area contributed by atoms with Crippen molar-refractivity contribution in [2.75, 3.05) is 46.4 Å². The summed E-state index contributed by atoms with van der Waals surface area (Å²) in [5.41, 5.74) is 0. The van der Waals surface area contributed by atoms with Gasteiger partial charge < -0.3 is 14.2 Å². The second-order valence-corrected chi connectivity index (χ2v) is 5.08. The number of hydrogen-bond donors (Lipinski definition) is 0. The molecule has 0 aromatic carbocycles. The van der Waals surface area contributed by atoms with Crippen LogP contribution in [0.15, 0.2) is 4.52 Å². The van der Waals surface area contributed by atoms with Crippen LogP contribution in [0.4, 0.5) is 0 Å². The van der Waals surface area contributed by atoms with E-state index in [-0.39, 0.29) is 6.04 Å². The SMILES string of the molecule is COCCCN1CCN(C(C)c2nc(C)no2)CC1. The maximum Gasteiger partial charge on any atom is 0.243 e. The zero-order valence-electron chi connectivity index (χ0n) is 12.1. The smallest absolute Gasteiger partial charge is 0.243 e. The molecule has 1 unspecified atom stereocenters. The van der Waals surface area contributed by atoms with Crippen molar-refractivity contribution in [3.05, 3.63) is 11.7 Å². The fourth-order valence-corrected chi connectivity index (χ4v) is 2.45. The van der Waals surface area contributed by atoms with Crippen LogP contribution < -0.4 is 0 Å². The number of aryl methyl sites for hydroxylation is 1. The van der Waals surface area contributed by atoms with E-state index < -0.39 is 0 Å². The summed E-state index contributed by atoms with van der Waals surface area (Å²) in [6.07, 6.45) is 1.11. The van der Waals surface area contributed by atoms with E-state index in [9.17, 15) is 0 Å². The highest BCUT2D eigenvalue weighted by molar-refractivity contribution is 4.91. The van der Waals surface area contributed by atoms with Gasteiger partial charge in [-0.3, -0.25) is 4.90 Å². The zero-order chi connectivity index (χ0) is 13.7. The molecule has 108 valence electrons. The Morgan fingerprint density at radius 3 is 2.63 bits per heavy atom. The van der Waals surface area contributed by atoms with Crippen LogP contribution in [0.5, 0.6) is 0 Å². The summed E-state index contributed by atoms with van der Waals surface area (Å²) in [6.45, 7) is 10.3. The molecule has 1 atom stereocenters. The topological polar surface area (TPSA) is 54.6 Å². The van der Waals surface area contributed by atoms with Crippen molar-refractivity contribution in [2.24, 2.45) is 0 Å². The van der Waals surface area contributed by atoms with E-state index in [0.29, 0.717) is 5.82 Å². The van der Waals surface area contributed by atoms with Gasteiger partial charge in [-0.25, -0.2) is 0 Å². The van der Waals surface area contributed by atoms with Gasteiger partial charge in [0.2, 0.25) is 5.89 Å². The minimum absolute atomic E-state index is 0.210. The number of aromatic nitrogens is 2. The average Bonchev–Trinajstić information content (AvgIpc) is 2.86. The molecule has 0 amide bonds. The van der Waals surface area contributed by atoms with E-state index in [2.05, 4.69) is 26.9 Å². The molecule has 1 saturated heterocycles. The Morgan fingerprint density at radius 2 is 2.05 bits per heavy atom. The molecule has 1 aromatic heterocycles. The molecule has 1 fully saturated rings. The summed E-state index contributed by atoms with van der Waals surface area (Å²) >= 11 is 0. The molecule has 0 radical (unpaired) electrons. The van der Waals surface area contributed by atoms with Crippen molar-refractivity contribution in [3.63, 3.8) is 0 Å². The van der Waals surface area contributed by atoms with E-state index in [0.717, 1.165) is 51.6 Å². The van der Waals surface area contributed by atoms with E-state index >= 15 is 0 Å². The van der Waals surface area contributed by atoms with E-state index in [4.69, 9.17) is 9.26 Å². The van der Waals surface area contributed by atoms with Crippen molar-refractivity contribution in [1.29, 1.82) is 0 Å². The highest BCUT2D eigenvalue weighted by Crippen LogP contribution is 2.19. The molecule has 6 nitrogen and oxygen atoms in total.